The molecule has 35 heavy (non-hydrogen) atoms. The number of nitrogens with one attached hydrogen (secondary N) is 2. The first-order valence-electron chi connectivity index (χ1n) is 11.2. The summed E-state index contributed by atoms with van der Waals surface area (Å²) in [5.41, 5.74) is 3.69. The lowest BCUT2D eigenvalue weighted by molar-refractivity contribution is -0.245. The maximum Gasteiger partial charge on any atom is 0.407 e. The molecule has 2 heterocycles. The van der Waals surface area contributed by atoms with Gasteiger partial charge in [-0.1, -0.05) is 72.9 Å². The molecule has 3 N–H and O–H groups in total. The zero-order valence-electron chi connectivity index (χ0n) is 19.1. The quantitative estimate of drug-likeness (QED) is 0.284. The van der Waals surface area contributed by atoms with Crippen LogP contribution >= 0.6 is 11.8 Å². The number of hydrogen-bond acceptors (Lipinski definition) is 8. The van der Waals surface area contributed by atoms with Crippen LogP contribution in [0.15, 0.2) is 72.7 Å². The lowest BCUT2D eigenvalue weighted by Crippen LogP contribution is -2.31. The molecule has 1 fully saturated rings. The molecule has 0 bridgehead atoms. The van der Waals surface area contributed by atoms with Crippen molar-refractivity contribution in [3.8, 4) is 0 Å². The van der Waals surface area contributed by atoms with Crippen molar-refractivity contribution in [2.24, 2.45) is 0 Å². The predicted molar refractivity (Wildman–Crippen MR) is 130 cm³/mol. The Morgan fingerprint density at radius 1 is 1.17 bits per heavy atom. The summed E-state index contributed by atoms with van der Waals surface area (Å²) in [6.45, 7) is 4.03. The Balaban J connectivity index is 1.44. The molecule has 0 spiro atoms. The van der Waals surface area contributed by atoms with E-state index in [1.165, 1.54) is 12.4 Å². The number of carbonyl (C=O) groups is 1. The smallest absolute Gasteiger partial charge is 0.407 e. The Hall–Kier alpha value is -3.18. The SMILES string of the molecule is C=CCOC(=O)NCc1ccc([C@@H]2O[C@H](CSc3ncn[nH]3)C[C@H](c3ccc(CO)cc3)O2)cc1. The van der Waals surface area contributed by atoms with Gasteiger partial charge < -0.3 is 24.6 Å². The van der Waals surface area contributed by atoms with Crippen molar-refractivity contribution in [1.29, 1.82) is 0 Å². The Labute approximate surface area is 207 Å². The topological polar surface area (TPSA) is 119 Å². The summed E-state index contributed by atoms with van der Waals surface area (Å²) in [5, 5.41) is 19.6. The van der Waals surface area contributed by atoms with Crippen molar-refractivity contribution in [3.05, 3.63) is 89.8 Å². The number of carbonyl (C=O) groups excluding carboxylic acids is 1. The minimum Gasteiger partial charge on any atom is -0.445 e. The van der Waals surface area contributed by atoms with Gasteiger partial charge in [-0.2, -0.15) is 5.10 Å². The minimum absolute atomic E-state index is 0.00116. The maximum atomic E-state index is 11.6. The van der Waals surface area contributed by atoms with Gasteiger partial charge in [-0.05, 0) is 16.7 Å². The normalized spacial score (nSPS) is 19.7. The summed E-state index contributed by atoms with van der Waals surface area (Å²) in [4.78, 5) is 15.8. The van der Waals surface area contributed by atoms with Gasteiger partial charge in [0.1, 0.15) is 12.9 Å². The third-order valence-corrected chi connectivity index (χ3v) is 6.44. The second-order valence-electron chi connectivity index (χ2n) is 7.93. The highest BCUT2D eigenvalue weighted by Crippen LogP contribution is 2.39. The van der Waals surface area contributed by atoms with Crippen molar-refractivity contribution in [3.63, 3.8) is 0 Å². The van der Waals surface area contributed by atoms with Crippen LogP contribution in [0.25, 0.3) is 0 Å². The fraction of sp³-hybridized carbons (Fsp3) is 0.320. The minimum atomic E-state index is -0.550. The molecule has 4 rings (SSSR count). The Bertz CT molecular complexity index is 1080. The fourth-order valence-electron chi connectivity index (χ4n) is 3.61. The molecular weight excluding hydrogens is 468 g/mol. The second kappa shape index (κ2) is 12.5. The first kappa shape index (κ1) is 24.9. The van der Waals surface area contributed by atoms with Gasteiger partial charge in [-0.25, -0.2) is 9.78 Å². The van der Waals surface area contributed by atoms with Crippen molar-refractivity contribution in [1.82, 2.24) is 20.5 Å². The summed E-state index contributed by atoms with van der Waals surface area (Å²) in [5.74, 6) is 0.690. The van der Waals surface area contributed by atoms with Crippen LogP contribution in [0.3, 0.4) is 0 Å². The summed E-state index contributed by atoms with van der Waals surface area (Å²) < 4.78 is 17.6. The van der Waals surface area contributed by atoms with Crippen molar-refractivity contribution >= 4 is 17.9 Å². The van der Waals surface area contributed by atoms with Crippen LogP contribution in [0.5, 0.6) is 0 Å². The van der Waals surface area contributed by atoms with Crippen molar-refractivity contribution in [2.75, 3.05) is 12.4 Å². The Morgan fingerprint density at radius 2 is 1.91 bits per heavy atom. The van der Waals surface area contributed by atoms with Gasteiger partial charge in [0.25, 0.3) is 0 Å². The lowest BCUT2D eigenvalue weighted by Gasteiger charge is -2.36. The van der Waals surface area contributed by atoms with Gasteiger partial charge in [-0.3, -0.25) is 5.10 Å². The van der Waals surface area contributed by atoms with Crippen LogP contribution in [-0.2, 0) is 27.4 Å². The maximum absolute atomic E-state index is 11.6. The van der Waals surface area contributed by atoms with Crippen LogP contribution in [0, 0.1) is 0 Å². The number of rotatable bonds is 10. The number of amides is 1. The monoisotopic (exact) mass is 496 g/mol. The first-order chi connectivity index (χ1) is 17.1. The Kier molecular flexibility index (Phi) is 8.90. The summed E-state index contributed by atoms with van der Waals surface area (Å²) in [7, 11) is 0. The molecule has 0 saturated carbocycles. The summed E-state index contributed by atoms with van der Waals surface area (Å²) in [6, 6.07) is 15.5. The molecule has 1 amide bonds. The van der Waals surface area contributed by atoms with Gasteiger partial charge in [-0.15, -0.1) is 0 Å². The standard InChI is InChI=1S/C25H28N4O5S/c1-2-11-32-25(31)26-13-17-3-9-20(10-4-17)23-33-21(15-35-24-27-16-28-29-24)12-22(34-23)19-7-5-18(14-30)6-8-19/h2-10,16,21-23,30H,1,11-15H2,(H,26,31)(H,27,28,29)/t21-,22+,23+/m0/s1. The number of aliphatic hydroxyl groups excluding tert-OH is 1. The molecule has 0 aliphatic carbocycles. The van der Waals surface area contributed by atoms with Crippen molar-refractivity contribution in [2.45, 2.75) is 43.2 Å². The molecule has 3 aromatic rings. The highest BCUT2D eigenvalue weighted by Gasteiger charge is 2.32. The number of hydrogen-bond donors (Lipinski definition) is 3. The van der Waals surface area contributed by atoms with Crippen LogP contribution in [0.1, 0.15) is 41.1 Å². The highest BCUT2D eigenvalue weighted by molar-refractivity contribution is 7.99. The number of ether oxygens (including phenoxy) is 3. The van der Waals surface area contributed by atoms with Gasteiger partial charge in [0.2, 0.25) is 0 Å². The molecule has 3 atom stereocenters. The Morgan fingerprint density at radius 3 is 2.60 bits per heavy atom. The van der Waals surface area contributed by atoms with Crippen molar-refractivity contribution < 1.29 is 24.1 Å². The molecule has 1 aromatic heterocycles. The predicted octanol–water partition coefficient (Wildman–Crippen LogP) is 4.05. The number of H-pyrrole nitrogens is 1. The largest absolute Gasteiger partial charge is 0.445 e. The van der Waals surface area contributed by atoms with Crippen LogP contribution in [-0.4, -0.2) is 44.8 Å². The van der Waals surface area contributed by atoms with Crippen LogP contribution in [0.2, 0.25) is 0 Å². The number of benzene rings is 2. The van der Waals surface area contributed by atoms with Gasteiger partial charge in [0.05, 0.1) is 18.8 Å². The average molecular weight is 497 g/mol. The average Bonchev–Trinajstić information content (AvgIpc) is 3.43. The van der Waals surface area contributed by atoms with Gasteiger partial charge >= 0.3 is 6.09 Å². The molecule has 1 aliphatic rings. The van der Waals surface area contributed by atoms with Gasteiger partial charge in [0, 0.05) is 24.3 Å². The number of aliphatic hydroxyl groups is 1. The van der Waals surface area contributed by atoms with E-state index in [0.29, 0.717) is 18.7 Å². The number of alkyl carbamates (subject to hydrolysis) is 1. The number of aromatic nitrogens is 3. The van der Waals surface area contributed by atoms with E-state index in [1.54, 1.807) is 11.8 Å². The number of thioether (sulfide) groups is 1. The van der Waals surface area contributed by atoms with E-state index in [0.717, 1.165) is 27.4 Å². The van der Waals surface area contributed by atoms with E-state index in [-0.39, 0.29) is 25.4 Å². The summed E-state index contributed by atoms with van der Waals surface area (Å²) in [6.07, 6.45) is 2.41. The zero-order chi connectivity index (χ0) is 24.5. The van der Waals surface area contributed by atoms with E-state index in [9.17, 15) is 9.90 Å². The number of nitrogens with zero attached hydrogens (tertiary/aromatic N) is 2. The molecule has 2 aromatic carbocycles. The molecule has 9 nitrogen and oxygen atoms in total. The van der Waals surface area contributed by atoms with E-state index in [1.807, 2.05) is 48.5 Å². The summed E-state index contributed by atoms with van der Waals surface area (Å²) >= 11 is 1.55. The van der Waals surface area contributed by atoms with E-state index >= 15 is 0 Å². The molecule has 0 unspecified atom stereocenters. The highest BCUT2D eigenvalue weighted by atomic mass is 32.2. The second-order valence-corrected chi connectivity index (χ2v) is 8.94. The van der Waals surface area contributed by atoms with E-state index in [2.05, 4.69) is 27.1 Å². The lowest BCUT2D eigenvalue weighted by atomic mass is 10.0. The zero-order valence-corrected chi connectivity index (χ0v) is 19.9. The molecular formula is C25H28N4O5S. The van der Waals surface area contributed by atoms with Crippen LogP contribution < -0.4 is 5.32 Å². The van der Waals surface area contributed by atoms with E-state index in [4.69, 9.17) is 14.2 Å². The van der Waals surface area contributed by atoms with Gasteiger partial charge in [0.15, 0.2) is 11.4 Å². The molecule has 10 heteroatoms. The molecule has 1 saturated heterocycles. The number of aromatic amines is 1. The van der Waals surface area contributed by atoms with Crippen LogP contribution in [0.4, 0.5) is 4.79 Å². The third kappa shape index (κ3) is 7.15. The first-order valence-corrected chi connectivity index (χ1v) is 12.2. The third-order valence-electron chi connectivity index (χ3n) is 5.43. The molecule has 1 aliphatic heterocycles. The molecule has 0 radical (unpaired) electrons. The molecule has 184 valence electrons. The fourth-order valence-corrected chi connectivity index (χ4v) is 4.41. The van der Waals surface area contributed by atoms with E-state index < -0.39 is 12.4 Å².